The van der Waals surface area contributed by atoms with Gasteiger partial charge >= 0.3 is 0 Å². The number of thioether (sulfide) groups is 1. The van der Waals surface area contributed by atoms with Gasteiger partial charge in [-0.15, -0.1) is 23.4 Å². The largest absolute Gasteiger partial charge is 0.349 e. The molecule has 1 N–H and O–H groups in total. The number of rotatable bonds is 2. The normalized spacial score (nSPS) is 29.4. The Hall–Kier alpha value is -0.810. The molecule has 2 rings (SSSR count). The summed E-state index contributed by atoms with van der Waals surface area (Å²) in [4.78, 5) is 35.1. The van der Waals surface area contributed by atoms with Crippen LogP contribution in [-0.4, -0.2) is 40.4 Å². The van der Waals surface area contributed by atoms with Gasteiger partial charge in [-0.05, 0) is 12.8 Å². The van der Waals surface area contributed by atoms with Gasteiger partial charge in [0.1, 0.15) is 0 Å². The molecule has 98 valence electrons. The first kappa shape index (κ1) is 13.6. The van der Waals surface area contributed by atoms with Gasteiger partial charge in [-0.2, -0.15) is 0 Å². The molecule has 6 heteroatoms. The Morgan fingerprint density at radius 1 is 1.22 bits per heavy atom. The highest BCUT2D eigenvalue weighted by molar-refractivity contribution is 8.00. The molecule has 18 heavy (non-hydrogen) atoms. The number of carbonyl (C=O) groups excluding carboxylic acids is 3. The minimum absolute atomic E-state index is 0.00694. The molecule has 1 aliphatic carbocycles. The molecule has 1 heterocycles. The molecule has 0 bridgehead atoms. The molecular formula is C12H14ClNO3S. The molecule has 1 amide bonds. The van der Waals surface area contributed by atoms with E-state index >= 15 is 0 Å². The van der Waals surface area contributed by atoms with Crippen molar-refractivity contribution in [2.45, 2.75) is 24.3 Å². The quantitative estimate of drug-likeness (QED) is 0.466. The standard InChI is InChI=1S/C12H14ClNO3S/c13-7-1-3-8(4-2-7)14-12(17)11-9(15)5-18-6-10(11)16/h1,3,7-8,11H,2,4-6H2,(H,14,17). The van der Waals surface area contributed by atoms with Gasteiger partial charge in [0, 0.05) is 6.04 Å². The Labute approximate surface area is 115 Å². The molecule has 0 spiro atoms. The van der Waals surface area contributed by atoms with Gasteiger partial charge < -0.3 is 5.32 Å². The molecule has 0 aromatic heterocycles. The lowest BCUT2D eigenvalue weighted by atomic mass is 9.97. The van der Waals surface area contributed by atoms with Gasteiger partial charge in [-0.1, -0.05) is 12.2 Å². The highest BCUT2D eigenvalue weighted by Gasteiger charge is 2.37. The number of nitrogens with one attached hydrogen (secondary N) is 1. The number of allylic oxidation sites excluding steroid dienone is 1. The van der Waals surface area contributed by atoms with E-state index in [1.165, 1.54) is 11.8 Å². The smallest absolute Gasteiger partial charge is 0.238 e. The van der Waals surface area contributed by atoms with Crippen LogP contribution < -0.4 is 5.32 Å². The van der Waals surface area contributed by atoms with Crippen molar-refractivity contribution in [1.29, 1.82) is 0 Å². The predicted octanol–water partition coefficient (Wildman–Crippen LogP) is 0.930. The summed E-state index contributed by atoms with van der Waals surface area (Å²) in [6.45, 7) is 0. The summed E-state index contributed by atoms with van der Waals surface area (Å²) in [5.74, 6) is -1.66. The van der Waals surface area contributed by atoms with Crippen molar-refractivity contribution in [1.82, 2.24) is 5.32 Å². The van der Waals surface area contributed by atoms with Gasteiger partial charge in [0.2, 0.25) is 5.91 Å². The van der Waals surface area contributed by atoms with Crippen molar-refractivity contribution in [3.05, 3.63) is 12.2 Å². The van der Waals surface area contributed by atoms with Crippen LogP contribution in [0.1, 0.15) is 12.8 Å². The molecule has 0 aromatic carbocycles. The van der Waals surface area contributed by atoms with E-state index in [0.717, 1.165) is 12.8 Å². The fourth-order valence-electron chi connectivity index (χ4n) is 2.06. The van der Waals surface area contributed by atoms with E-state index in [9.17, 15) is 14.4 Å². The number of hydrogen-bond acceptors (Lipinski definition) is 4. The molecule has 2 atom stereocenters. The third-order valence-electron chi connectivity index (χ3n) is 3.03. The zero-order valence-electron chi connectivity index (χ0n) is 9.73. The molecule has 0 radical (unpaired) electrons. The molecule has 4 nitrogen and oxygen atoms in total. The van der Waals surface area contributed by atoms with Gasteiger partial charge in [0.25, 0.3) is 0 Å². The Kier molecular flexibility index (Phi) is 4.45. The summed E-state index contributed by atoms with van der Waals surface area (Å²) < 4.78 is 0. The van der Waals surface area contributed by atoms with Gasteiger partial charge in [0.05, 0.1) is 16.9 Å². The second-order valence-corrected chi connectivity index (χ2v) is 6.00. The second-order valence-electron chi connectivity index (χ2n) is 4.45. The van der Waals surface area contributed by atoms with Crippen LogP contribution in [0.25, 0.3) is 0 Å². The van der Waals surface area contributed by atoms with Crippen molar-refractivity contribution in [2.75, 3.05) is 11.5 Å². The molecule has 2 aliphatic rings. The number of halogens is 1. The van der Waals surface area contributed by atoms with E-state index in [1.54, 1.807) is 0 Å². The maximum Gasteiger partial charge on any atom is 0.238 e. The maximum atomic E-state index is 11.9. The van der Waals surface area contributed by atoms with E-state index in [0.29, 0.717) is 0 Å². The Balaban J connectivity index is 1.97. The predicted molar refractivity (Wildman–Crippen MR) is 70.8 cm³/mol. The van der Waals surface area contributed by atoms with Crippen LogP contribution >= 0.6 is 23.4 Å². The van der Waals surface area contributed by atoms with E-state index in [-0.39, 0.29) is 34.5 Å². The van der Waals surface area contributed by atoms with Crippen molar-refractivity contribution >= 4 is 40.8 Å². The average Bonchev–Trinajstić information content (AvgIpc) is 2.32. The van der Waals surface area contributed by atoms with Crippen molar-refractivity contribution in [3.8, 4) is 0 Å². The minimum Gasteiger partial charge on any atom is -0.349 e. The Bertz CT molecular complexity index is 394. The number of ketones is 2. The van der Waals surface area contributed by atoms with Gasteiger partial charge in [-0.25, -0.2) is 0 Å². The first-order chi connectivity index (χ1) is 8.58. The van der Waals surface area contributed by atoms with Gasteiger partial charge in [0.15, 0.2) is 17.5 Å². The lowest BCUT2D eigenvalue weighted by Gasteiger charge is -2.24. The summed E-state index contributed by atoms with van der Waals surface area (Å²) in [5.41, 5.74) is 0. The number of alkyl halides is 1. The molecular weight excluding hydrogens is 274 g/mol. The number of hydrogen-bond donors (Lipinski definition) is 1. The van der Waals surface area contributed by atoms with Crippen LogP contribution in [0.15, 0.2) is 12.2 Å². The molecule has 0 saturated carbocycles. The van der Waals surface area contributed by atoms with Crippen LogP contribution in [0.2, 0.25) is 0 Å². The summed E-state index contributed by atoms with van der Waals surface area (Å²) in [6, 6.07) is -0.123. The monoisotopic (exact) mass is 287 g/mol. The highest BCUT2D eigenvalue weighted by Crippen LogP contribution is 2.19. The maximum absolute atomic E-state index is 11.9. The number of amides is 1. The lowest BCUT2D eigenvalue weighted by Crippen LogP contribution is -2.47. The van der Waals surface area contributed by atoms with Crippen LogP contribution in [0.4, 0.5) is 0 Å². The third kappa shape index (κ3) is 3.14. The molecule has 1 fully saturated rings. The summed E-state index contributed by atoms with van der Waals surface area (Å²) in [7, 11) is 0. The van der Waals surface area contributed by atoms with E-state index in [4.69, 9.17) is 11.6 Å². The van der Waals surface area contributed by atoms with Crippen molar-refractivity contribution < 1.29 is 14.4 Å². The zero-order chi connectivity index (χ0) is 13.1. The second kappa shape index (κ2) is 5.89. The average molecular weight is 288 g/mol. The molecule has 1 aliphatic heterocycles. The topological polar surface area (TPSA) is 63.2 Å². The van der Waals surface area contributed by atoms with Crippen LogP contribution in [0, 0.1) is 5.92 Å². The van der Waals surface area contributed by atoms with Crippen molar-refractivity contribution in [3.63, 3.8) is 0 Å². The highest BCUT2D eigenvalue weighted by atomic mass is 35.5. The summed E-state index contributed by atoms with van der Waals surface area (Å²) in [5, 5.41) is 2.74. The van der Waals surface area contributed by atoms with Crippen LogP contribution in [0.3, 0.4) is 0 Å². The minimum atomic E-state index is -1.10. The van der Waals surface area contributed by atoms with Crippen molar-refractivity contribution in [2.24, 2.45) is 5.92 Å². The van der Waals surface area contributed by atoms with E-state index < -0.39 is 11.8 Å². The Morgan fingerprint density at radius 3 is 2.44 bits per heavy atom. The van der Waals surface area contributed by atoms with Gasteiger partial charge in [-0.3, -0.25) is 14.4 Å². The molecule has 1 saturated heterocycles. The first-order valence-electron chi connectivity index (χ1n) is 5.84. The first-order valence-corrected chi connectivity index (χ1v) is 7.43. The van der Waals surface area contributed by atoms with Crippen LogP contribution in [0.5, 0.6) is 0 Å². The number of Topliss-reactive ketones (excluding diaryl/α,β-unsaturated/α-hetero) is 2. The fraction of sp³-hybridized carbons (Fsp3) is 0.583. The van der Waals surface area contributed by atoms with Crippen LogP contribution in [-0.2, 0) is 14.4 Å². The number of carbonyl (C=O) groups is 3. The van der Waals surface area contributed by atoms with E-state index in [1.807, 2.05) is 12.2 Å². The Morgan fingerprint density at radius 2 is 1.89 bits per heavy atom. The lowest BCUT2D eigenvalue weighted by molar-refractivity contribution is -0.139. The zero-order valence-corrected chi connectivity index (χ0v) is 11.3. The van der Waals surface area contributed by atoms with E-state index in [2.05, 4.69) is 5.32 Å². The SMILES string of the molecule is O=C1CSCC(=O)C1C(=O)NC1C=CC(Cl)CC1. The fourth-order valence-corrected chi connectivity index (χ4v) is 3.11. The third-order valence-corrected chi connectivity index (χ3v) is 4.37. The summed E-state index contributed by atoms with van der Waals surface area (Å²) >= 11 is 7.17. The molecule has 2 unspecified atom stereocenters. The summed E-state index contributed by atoms with van der Waals surface area (Å²) in [6.07, 6.45) is 5.17. The molecule has 0 aromatic rings.